The van der Waals surface area contributed by atoms with Crippen LogP contribution in [0.3, 0.4) is 0 Å². The Bertz CT molecular complexity index is 643. The molecule has 0 radical (unpaired) electrons. The molecule has 0 atom stereocenters. The monoisotopic (exact) mass is 302 g/mol. The molecule has 0 unspecified atom stereocenters. The lowest BCUT2D eigenvalue weighted by Gasteiger charge is -2.17. The van der Waals surface area contributed by atoms with Crippen LogP contribution in [-0.2, 0) is 0 Å². The van der Waals surface area contributed by atoms with Gasteiger partial charge < -0.3 is 10.2 Å². The van der Waals surface area contributed by atoms with E-state index in [9.17, 15) is 4.79 Å². The van der Waals surface area contributed by atoms with E-state index in [0.29, 0.717) is 12.2 Å². The number of hydrogen-bond acceptors (Lipinski definition) is 3. The number of imidazole rings is 1. The third-order valence-corrected chi connectivity index (χ3v) is 4.00. The van der Waals surface area contributed by atoms with Gasteiger partial charge in [-0.2, -0.15) is 0 Å². The molecule has 0 aliphatic rings. The average molecular weight is 302 g/mol. The van der Waals surface area contributed by atoms with Gasteiger partial charge in [0.15, 0.2) is 0 Å². The largest absolute Gasteiger partial charge is 0.351 e. The first kappa shape index (κ1) is 16.5. The van der Waals surface area contributed by atoms with Crippen LogP contribution in [0.5, 0.6) is 0 Å². The molecule has 0 fully saturated rings. The van der Waals surface area contributed by atoms with Gasteiger partial charge in [0.2, 0.25) is 0 Å². The van der Waals surface area contributed by atoms with E-state index >= 15 is 0 Å². The lowest BCUT2D eigenvalue weighted by Crippen LogP contribution is -2.30. The van der Waals surface area contributed by atoms with Crippen LogP contribution in [0.1, 0.15) is 42.0 Å². The molecule has 2 aromatic heterocycles. The topological polar surface area (TPSA) is 49.6 Å². The quantitative estimate of drug-likeness (QED) is 0.799. The zero-order chi connectivity index (χ0) is 16.1. The molecule has 0 saturated heterocycles. The molecule has 2 rings (SSSR count). The van der Waals surface area contributed by atoms with E-state index in [2.05, 4.69) is 29.0 Å². The Balaban J connectivity index is 2.00. The van der Waals surface area contributed by atoms with Crippen molar-refractivity contribution in [2.75, 3.05) is 26.2 Å². The number of carbonyl (C=O) groups is 1. The maximum absolute atomic E-state index is 12.4. The number of nitrogens with zero attached hydrogens (tertiary/aromatic N) is 3. The number of fused-ring (bicyclic) bond motifs is 1. The summed E-state index contributed by atoms with van der Waals surface area (Å²) in [6, 6.07) is 3.98. The van der Waals surface area contributed by atoms with Crippen LogP contribution in [0.4, 0.5) is 0 Å². The zero-order valence-electron chi connectivity index (χ0n) is 14.0. The van der Waals surface area contributed by atoms with Crippen LogP contribution in [0, 0.1) is 13.8 Å². The number of nitrogens with one attached hydrogen (secondary N) is 1. The predicted molar refractivity (Wildman–Crippen MR) is 89.4 cm³/mol. The zero-order valence-corrected chi connectivity index (χ0v) is 14.0. The Labute approximate surface area is 132 Å². The third kappa shape index (κ3) is 3.65. The van der Waals surface area contributed by atoms with Crippen LogP contribution in [0.15, 0.2) is 18.3 Å². The molecule has 120 valence electrons. The van der Waals surface area contributed by atoms with Crippen molar-refractivity contribution in [3.8, 4) is 0 Å². The number of aryl methyl sites for hydroxylation is 2. The summed E-state index contributed by atoms with van der Waals surface area (Å²) < 4.78 is 1.86. The maximum Gasteiger partial charge on any atom is 0.270 e. The number of carbonyl (C=O) groups excluding carboxylic acids is 1. The molecule has 0 aromatic carbocycles. The van der Waals surface area contributed by atoms with E-state index in [-0.39, 0.29) is 5.91 Å². The van der Waals surface area contributed by atoms with Gasteiger partial charge in [-0.1, -0.05) is 13.8 Å². The molecule has 1 amide bonds. The van der Waals surface area contributed by atoms with E-state index in [1.165, 1.54) is 0 Å². The predicted octanol–water partition coefficient (Wildman–Crippen LogP) is 2.41. The van der Waals surface area contributed by atoms with Crippen LogP contribution in [0.25, 0.3) is 5.65 Å². The second-order valence-corrected chi connectivity index (χ2v) is 5.61. The van der Waals surface area contributed by atoms with Gasteiger partial charge in [0.25, 0.3) is 5.91 Å². The van der Waals surface area contributed by atoms with E-state index in [1.54, 1.807) is 0 Å². The summed E-state index contributed by atoms with van der Waals surface area (Å²) in [5, 5.41) is 3.01. The molecule has 1 N–H and O–H groups in total. The summed E-state index contributed by atoms with van der Waals surface area (Å²) in [6.07, 6.45) is 2.87. The van der Waals surface area contributed by atoms with E-state index in [0.717, 1.165) is 43.0 Å². The number of aromatic nitrogens is 2. The molecule has 0 aliphatic heterocycles. The average Bonchev–Trinajstić information content (AvgIpc) is 2.82. The van der Waals surface area contributed by atoms with Crippen molar-refractivity contribution in [2.45, 2.75) is 34.1 Å². The minimum atomic E-state index is -0.0478. The van der Waals surface area contributed by atoms with Crippen LogP contribution >= 0.6 is 0 Å². The van der Waals surface area contributed by atoms with Gasteiger partial charge >= 0.3 is 0 Å². The fourth-order valence-corrected chi connectivity index (χ4v) is 2.67. The molecular formula is C17H26N4O. The van der Waals surface area contributed by atoms with Crippen LogP contribution in [-0.4, -0.2) is 46.4 Å². The Hall–Kier alpha value is -1.88. The summed E-state index contributed by atoms with van der Waals surface area (Å²) in [4.78, 5) is 19.3. The number of rotatable bonds is 7. The lowest BCUT2D eigenvalue weighted by molar-refractivity contribution is 0.0945. The molecule has 22 heavy (non-hydrogen) atoms. The molecule has 5 heteroatoms. The highest BCUT2D eigenvalue weighted by atomic mass is 16.1. The number of hydrogen-bond donors (Lipinski definition) is 1. The minimum Gasteiger partial charge on any atom is -0.351 e. The van der Waals surface area contributed by atoms with Gasteiger partial charge in [-0.3, -0.25) is 9.20 Å². The molecule has 0 bridgehead atoms. The highest BCUT2D eigenvalue weighted by Crippen LogP contribution is 2.13. The molecule has 0 aliphatic carbocycles. The number of pyridine rings is 1. The van der Waals surface area contributed by atoms with Crippen molar-refractivity contribution < 1.29 is 4.79 Å². The molecule has 2 aromatic rings. The van der Waals surface area contributed by atoms with Crippen molar-refractivity contribution >= 4 is 11.6 Å². The van der Waals surface area contributed by atoms with Crippen LogP contribution in [0.2, 0.25) is 0 Å². The maximum atomic E-state index is 12.4. The third-order valence-electron chi connectivity index (χ3n) is 4.00. The van der Waals surface area contributed by atoms with Crippen molar-refractivity contribution in [3.05, 3.63) is 35.3 Å². The van der Waals surface area contributed by atoms with Gasteiger partial charge in [-0.05, 0) is 57.6 Å². The van der Waals surface area contributed by atoms with Gasteiger partial charge in [-0.25, -0.2) is 4.98 Å². The lowest BCUT2D eigenvalue weighted by atomic mass is 10.3. The Morgan fingerprint density at radius 1 is 1.32 bits per heavy atom. The van der Waals surface area contributed by atoms with Gasteiger partial charge in [0, 0.05) is 12.7 Å². The second kappa shape index (κ2) is 7.40. The molecule has 0 spiro atoms. The SMILES string of the molecule is CCN(CC)CCCNC(=O)c1c(C)nc2cc(C)ccn12. The molecule has 0 saturated carbocycles. The summed E-state index contributed by atoms with van der Waals surface area (Å²) in [5.41, 5.74) is 3.37. The highest BCUT2D eigenvalue weighted by molar-refractivity contribution is 5.94. The fourth-order valence-electron chi connectivity index (χ4n) is 2.67. The van der Waals surface area contributed by atoms with Gasteiger partial charge in [-0.15, -0.1) is 0 Å². The molecule has 5 nitrogen and oxygen atoms in total. The Kier molecular flexibility index (Phi) is 5.55. The highest BCUT2D eigenvalue weighted by Gasteiger charge is 2.16. The first-order valence-corrected chi connectivity index (χ1v) is 8.02. The normalized spacial score (nSPS) is 11.3. The first-order chi connectivity index (χ1) is 10.6. The van der Waals surface area contributed by atoms with Crippen molar-refractivity contribution in [3.63, 3.8) is 0 Å². The van der Waals surface area contributed by atoms with E-state index in [1.807, 2.05) is 36.6 Å². The summed E-state index contributed by atoms with van der Waals surface area (Å²) in [5.74, 6) is -0.0478. The second-order valence-electron chi connectivity index (χ2n) is 5.61. The van der Waals surface area contributed by atoms with Gasteiger partial charge in [0.1, 0.15) is 11.3 Å². The fraction of sp³-hybridized carbons (Fsp3) is 0.529. The number of amides is 1. The van der Waals surface area contributed by atoms with E-state index < -0.39 is 0 Å². The van der Waals surface area contributed by atoms with Crippen molar-refractivity contribution in [1.82, 2.24) is 19.6 Å². The minimum absolute atomic E-state index is 0.0478. The van der Waals surface area contributed by atoms with E-state index in [4.69, 9.17) is 0 Å². The summed E-state index contributed by atoms with van der Waals surface area (Å²) in [6.45, 7) is 12.0. The standard InChI is InChI=1S/C17H26N4O/c1-5-20(6-2)10-7-9-18-17(22)16-14(4)19-15-12-13(3)8-11-21(15)16/h8,11-12H,5-7,9-10H2,1-4H3,(H,18,22). The molecule has 2 heterocycles. The first-order valence-electron chi connectivity index (χ1n) is 8.02. The Morgan fingerprint density at radius 2 is 2.05 bits per heavy atom. The van der Waals surface area contributed by atoms with Crippen LogP contribution < -0.4 is 5.32 Å². The van der Waals surface area contributed by atoms with Crippen molar-refractivity contribution in [1.29, 1.82) is 0 Å². The summed E-state index contributed by atoms with van der Waals surface area (Å²) in [7, 11) is 0. The summed E-state index contributed by atoms with van der Waals surface area (Å²) >= 11 is 0. The van der Waals surface area contributed by atoms with Crippen molar-refractivity contribution in [2.24, 2.45) is 0 Å². The van der Waals surface area contributed by atoms with Gasteiger partial charge in [0.05, 0.1) is 5.69 Å². The Morgan fingerprint density at radius 3 is 2.73 bits per heavy atom. The molecular weight excluding hydrogens is 276 g/mol. The smallest absolute Gasteiger partial charge is 0.270 e.